The molecule has 1 aliphatic heterocycles. The van der Waals surface area contributed by atoms with Crippen molar-refractivity contribution in [2.75, 3.05) is 6.54 Å². The highest BCUT2D eigenvalue weighted by Crippen LogP contribution is 2.25. The lowest BCUT2D eigenvalue weighted by Crippen LogP contribution is -2.53. The van der Waals surface area contributed by atoms with Gasteiger partial charge in [-0.25, -0.2) is 0 Å². The summed E-state index contributed by atoms with van der Waals surface area (Å²) in [4.78, 5) is 26.6. The van der Waals surface area contributed by atoms with Gasteiger partial charge in [-0.15, -0.1) is 0 Å². The molecule has 22 heavy (non-hydrogen) atoms. The molecule has 0 aromatic rings. The normalized spacial score (nSPS) is 25.8. The van der Waals surface area contributed by atoms with Gasteiger partial charge in [0.05, 0.1) is 0 Å². The average Bonchev–Trinajstić information content (AvgIpc) is 3.01. The molecule has 3 unspecified atom stereocenters. The maximum atomic E-state index is 12.5. The molecule has 0 bridgehead atoms. The van der Waals surface area contributed by atoms with E-state index in [2.05, 4.69) is 5.32 Å². The molecule has 1 saturated heterocycles. The van der Waals surface area contributed by atoms with Gasteiger partial charge in [-0.2, -0.15) is 0 Å². The van der Waals surface area contributed by atoms with Crippen LogP contribution in [0.1, 0.15) is 65.2 Å². The number of hydrogen-bond donors (Lipinski definition) is 2. The van der Waals surface area contributed by atoms with E-state index in [4.69, 9.17) is 5.73 Å². The fourth-order valence-corrected chi connectivity index (χ4v) is 3.79. The van der Waals surface area contributed by atoms with E-state index in [0.717, 1.165) is 51.5 Å². The summed E-state index contributed by atoms with van der Waals surface area (Å²) in [5, 5.41) is 3.02. The summed E-state index contributed by atoms with van der Waals surface area (Å²) in [6.45, 7) is 4.70. The highest BCUT2D eigenvalue weighted by atomic mass is 16.2. The van der Waals surface area contributed by atoms with E-state index >= 15 is 0 Å². The predicted molar refractivity (Wildman–Crippen MR) is 87.2 cm³/mol. The number of piperidine rings is 1. The molecule has 5 nitrogen and oxygen atoms in total. The van der Waals surface area contributed by atoms with Crippen LogP contribution in [0, 0.1) is 5.92 Å². The van der Waals surface area contributed by atoms with Gasteiger partial charge in [-0.05, 0) is 46.0 Å². The average molecular weight is 309 g/mol. The van der Waals surface area contributed by atoms with Crippen molar-refractivity contribution < 1.29 is 9.59 Å². The molecule has 126 valence electrons. The first kappa shape index (κ1) is 17.3. The molecule has 0 aromatic carbocycles. The largest absolute Gasteiger partial charge is 0.353 e. The SMILES string of the molecule is CC(CC(=O)N1CCCCC1C(C)N)NC(=O)C1CCCC1. The topological polar surface area (TPSA) is 75.4 Å². The van der Waals surface area contributed by atoms with E-state index in [1.54, 1.807) is 0 Å². The zero-order valence-corrected chi connectivity index (χ0v) is 14.0. The molecule has 0 aromatic heterocycles. The van der Waals surface area contributed by atoms with Gasteiger partial charge in [0.15, 0.2) is 0 Å². The van der Waals surface area contributed by atoms with Crippen molar-refractivity contribution in [2.45, 2.75) is 83.3 Å². The molecule has 3 atom stereocenters. The van der Waals surface area contributed by atoms with E-state index in [1.165, 1.54) is 0 Å². The van der Waals surface area contributed by atoms with Crippen LogP contribution in [0.3, 0.4) is 0 Å². The van der Waals surface area contributed by atoms with E-state index in [-0.39, 0.29) is 35.9 Å². The van der Waals surface area contributed by atoms with Crippen LogP contribution in [0.5, 0.6) is 0 Å². The number of rotatable bonds is 5. The number of nitrogens with zero attached hydrogens (tertiary/aromatic N) is 1. The lowest BCUT2D eigenvalue weighted by Gasteiger charge is -2.38. The van der Waals surface area contributed by atoms with Gasteiger partial charge >= 0.3 is 0 Å². The van der Waals surface area contributed by atoms with Crippen molar-refractivity contribution in [1.82, 2.24) is 10.2 Å². The second kappa shape index (κ2) is 7.95. The molecule has 5 heteroatoms. The van der Waals surface area contributed by atoms with Crippen molar-refractivity contribution in [3.05, 3.63) is 0 Å². The Labute approximate surface area is 134 Å². The molecule has 3 N–H and O–H groups in total. The standard InChI is InChI=1S/C17H31N3O2/c1-12(19-17(22)14-7-3-4-8-14)11-16(21)20-10-6-5-9-15(20)13(2)18/h12-15H,3-11,18H2,1-2H3,(H,19,22). The Kier molecular flexibility index (Phi) is 6.24. The van der Waals surface area contributed by atoms with E-state index in [1.807, 2.05) is 18.7 Å². The summed E-state index contributed by atoms with van der Waals surface area (Å²) in [5.41, 5.74) is 6.03. The maximum Gasteiger partial charge on any atom is 0.224 e. The first-order valence-electron chi connectivity index (χ1n) is 8.84. The van der Waals surface area contributed by atoms with Crippen molar-refractivity contribution in [3.8, 4) is 0 Å². The van der Waals surface area contributed by atoms with Crippen LogP contribution < -0.4 is 11.1 Å². The van der Waals surface area contributed by atoms with Gasteiger partial charge in [0.2, 0.25) is 11.8 Å². The van der Waals surface area contributed by atoms with Crippen LogP contribution in [0.25, 0.3) is 0 Å². The first-order valence-corrected chi connectivity index (χ1v) is 8.84. The number of nitrogens with one attached hydrogen (secondary N) is 1. The lowest BCUT2D eigenvalue weighted by atomic mass is 9.96. The summed E-state index contributed by atoms with van der Waals surface area (Å²) in [6.07, 6.45) is 7.84. The van der Waals surface area contributed by atoms with Crippen molar-refractivity contribution in [3.63, 3.8) is 0 Å². The molecule has 1 heterocycles. The van der Waals surface area contributed by atoms with Crippen molar-refractivity contribution in [2.24, 2.45) is 11.7 Å². The number of carbonyl (C=O) groups excluding carboxylic acids is 2. The van der Waals surface area contributed by atoms with Gasteiger partial charge in [0.25, 0.3) is 0 Å². The highest BCUT2D eigenvalue weighted by Gasteiger charge is 2.30. The van der Waals surface area contributed by atoms with Gasteiger partial charge in [0.1, 0.15) is 0 Å². The summed E-state index contributed by atoms with van der Waals surface area (Å²) < 4.78 is 0. The first-order chi connectivity index (χ1) is 10.5. The fourth-order valence-electron chi connectivity index (χ4n) is 3.79. The predicted octanol–water partition coefficient (Wildman–Crippen LogP) is 1.80. The second-order valence-electron chi connectivity index (χ2n) is 7.10. The third-order valence-corrected chi connectivity index (χ3v) is 5.07. The minimum absolute atomic E-state index is 0.00707. The van der Waals surface area contributed by atoms with Crippen molar-refractivity contribution >= 4 is 11.8 Å². The molecular weight excluding hydrogens is 278 g/mol. The minimum Gasteiger partial charge on any atom is -0.353 e. The minimum atomic E-state index is -0.101. The molecule has 0 spiro atoms. The third kappa shape index (κ3) is 4.45. The zero-order valence-electron chi connectivity index (χ0n) is 14.0. The van der Waals surface area contributed by atoms with Crippen LogP contribution in [0.4, 0.5) is 0 Å². The summed E-state index contributed by atoms with van der Waals surface area (Å²) >= 11 is 0. The Morgan fingerprint density at radius 1 is 1.14 bits per heavy atom. The van der Waals surface area contributed by atoms with E-state index < -0.39 is 0 Å². The zero-order chi connectivity index (χ0) is 16.1. The van der Waals surface area contributed by atoms with E-state index in [0.29, 0.717) is 6.42 Å². The summed E-state index contributed by atoms with van der Waals surface area (Å²) in [7, 11) is 0. The Balaban J connectivity index is 1.83. The van der Waals surface area contributed by atoms with Crippen LogP contribution in [-0.2, 0) is 9.59 Å². The molecular formula is C17H31N3O2. The molecule has 2 fully saturated rings. The van der Waals surface area contributed by atoms with Crippen LogP contribution in [0.15, 0.2) is 0 Å². The molecule has 2 rings (SSSR count). The maximum absolute atomic E-state index is 12.5. The Morgan fingerprint density at radius 2 is 1.77 bits per heavy atom. The Morgan fingerprint density at radius 3 is 2.41 bits per heavy atom. The quantitative estimate of drug-likeness (QED) is 0.813. The Hall–Kier alpha value is -1.10. The van der Waals surface area contributed by atoms with Gasteiger partial charge in [-0.1, -0.05) is 12.8 Å². The fraction of sp³-hybridized carbons (Fsp3) is 0.882. The van der Waals surface area contributed by atoms with Crippen LogP contribution in [-0.4, -0.2) is 41.4 Å². The number of nitrogens with two attached hydrogens (primary N) is 1. The molecule has 2 amide bonds. The second-order valence-corrected chi connectivity index (χ2v) is 7.10. The van der Waals surface area contributed by atoms with Crippen LogP contribution in [0.2, 0.25) is 0 Å². The number of hydrogen-bond acceptors (Lipinski definition) is 3. The van der Waals surface area contributed by atoms with Gasteiger partial charge < -0.3 is 16.0 Å². The number of amides is 2. The molecule has 1 saturated carbocycles. The highest BCUT2D eigenvalue weighted by molar-refractivity contribution is 5.81. The molecule has 2 aliphatic rings. The molecule has 1 aliphatic carbocycles. The number of likely N-dealkylation sites (tertiary alicyclic amines) is 1. The molecule has 0 radical (unpaired) electrons. The van der Waals surface area contributed by atoms with E-state index in [9.17, 15) is 9.59 Å². The Bertz CT molecular complexity index is 391. The number of carbonyl (C=O) groups is 2. The lowest BCUT2D eigenvalue weighted by molar-refractivity contribution is -0.136. The van der Waals surface area contributed by atoms with Gasteiger partial charge in [0, 0.05) is 37.0 Å². The van der Waals surface area contributed by atoms with Gasteiger partial charge in [-0.3, -0.25) is 9.59 Å². The summed E-state index contributed by atoms with van der Waals surface area (Å²) in [6, 6.07) is 0.0582. The monoisotopic (exact) mass is 309 g/mol. The summed E-state index contributed by atoms with van der Waals surface area (Å²) in [5.74, 6) is 0.408. The third-order valence-electron chi connectivity index (χ3n) is 5.07. The van der Waals surface area contributed by atoms with Crippen LogP contribution >= 0.6 is 0 Å². The smallest absolute Gasteiger partial charge is 0.224 e. The van der Waals surface area contributed by atoms with Crippen molar-refractivity contribution in [1.29, 1.82) is 0 Å².